The average molecular weight is 212 g/mol. The quantitative estimate of drug-likeness (QED) is 0.830. The van der Waals surface area contributed by atoms with Crippen LogP contribution in [0.4, 0.5) is 0 Å². The third kappa shape index (κ3) is 2.13. The Morgan fingerprint density at radius 3 is 3.21 bits per heavy atom. The molecular formula is C10H16N2OS. The van der Waals surface area contributed by atoms with Gasteiger partial charge in [-0.2, -0.15) is 0 Å². The molecule has 1 aliphatic heterocycles. The Balaban J connectivity index is 2.04. The fourth-order valence-corrected chi connectivity index (χ4v) is 2.62. The van der Waals surface area contributed by atoms with E-state index in [1.54, 1.807) is 11.3 Å². The highest BCUT2D eigenvalue weighted by Crippen LogP contribution is 2.28. The summed E-state index contributed by atoms with van der Waals surface area (Å²) in [5, 5.41) is 5.46. The van der Waals surface area contributed by atoms with E-state index >= 15 is 0 Å². The highest BCUT2D eigenvalue weighted by atomic mass is 32.1. The Morgan fingerprint density at radius 1 is 1.71 bits per heavy atom. The molecule has 1 fully saturated rings. The molecule has 1 aromatic heterocycles. The molecule has 2 rings (SSSR count). The molecule has 4 heteroatoms. The van der Waals surface area contributed by atoms with Crippen molar-refractivity contribution in [1.29, 1.82) is 0 Å². The van der Waals surface area contributed by atoms with Gasteiger partial charge in [0.05, 0.1) is 23.9 Å². The fraction of sp³-hybridized carbons (Fsp3) is 0.700. The molecule has 1 N–H and O–H groups in total. The van der Waals surface area contributed by atoms with Crippen LogP contribution in [0.3, 0.4) is 0 Å². The second kappa shape index (κ2) is 4.87. The van der Waals surface area contributed by atoms with Crippen molar-refractivity contribution in [3.63, 3.8) is 0 Å². The third-order valence-corrected chi connectivity index (χ3v) is 3.35. The number of nitrogens with zero attached hydrogens (tertiary/aromatic N) is 1. The summed E-state index contributed by atoms with van der Waals surface area (Å²) < 4.78 is 5.50. The molecule has 3 nitrogen and oxygen atoms in total. The van der Waals surface area contributed by atoms with E-state index in [2.05, 4.69) is 15.7 Å². The number of hydrogen-bond donors (Lipinski definition) is 1. The lowest BCUT2D eigenvalue weighted by molar-refractivity contribution is 0.0396. The lowest BCUT2D eigenvalue weighted by atomic mass is 9.92. The monoisotopic (exact) mass is 212 g/mol. The average Bonchev–Trinajstić information content (AvgIpc) is 2.74. The van der Waals surface area contributed by atoms with Crippen molar-refractivity contribution >= 4 is 11.3 Å². The summed E-state index contributed by atoms with van der Waals surface area (Å²) in [6, 6.07) is 0.363. The van der Waals surface area contributed by atoms with Crippen molar-refractivity contribution in [3.8, 4) is 0 Å². The molecule has 2 unspecified atom stereocenters. The van der Waals surface area contributed by atoms with Gasteiger partial charge >= 0.3 is 0 Å². The maximum atomic E-state index is 5.50. The minimum atomic E-state index is 0.363. The van der Waals surface area contributed by atoms with Gasteiger partial charge in [-0.15, -0.1) is 11.3 Å². The first-order valence-corrected chi connectivity index (χ1v) is 5.99. The van der Waals surface area contributed by atoms with E-state index in [0.717, 1.165) is 18.9 Å². The first kappa shape index (κ1) is 10.1. The number of aromatic nitrogens is 1. The van der Waals surface area contributed by atoms with E-state index in [0.29, 0.717) is 12.0 Å². The molecule has 1 saturated heterocycles. The second-order valence-corrected chi connectivity index (χ2v) is 4.38. The summed E-state index contributed by atoms with van der Waals surface area (Å²) in [4.78, 5) is 4.36. The van der Waals surface area contributed by atoms with Gasteiger partial charge in [0.25, 0.3) is 0 Å². The van der Waals surface area contributed by atoms with Gasteiger partial charge in [0.2, 0.25) is 0 Å². The van der Waals surface area contributed by atoms with E-state index < -0.39 is 0 Å². The van der Waals surface area contributed by atoms with Crippen molar-refractivity contribution < 1.29 is 4.74 Å². The largest absolute Gasteiger partial charge is 0.381 e. The van der Waals surface area contributed by atoms with Crippen LogP contribution >= 0.6 is 11.3 Å². The zero-order valence-electron chi connectivity index (χ0n) is 8.40. The summed E-state index contributed by atoms with van der Waals surface area (Å²) in [6.45, 7) is 1.78. The lowest BCUT2D eigenvalue weighted by Crippen LogP contribution is -2.31. The van der Waals surface area contributed by atoms with E-state index in [9.17, 15) is 0 Å². The molecule has 78 valence electrons. The van der Waals surface area contributed by atoms with Gasteiger partial charge in [-0.3, -0.25) is 0 Å². The van der Waals surface area contributed by atoms with Crippen LogP contribution in [0.1, 0.15) is 24.6 Å². The topological polar surface area (TPSA) is 34.2 Å². The minimum Gasteiger partial charge on any atom is -0.381 e. The zero-order valence-corrected chi connectivity index (χ0v) is 9.22. The molecular weight excluding hydrogens is 196 g/mol. The third-order valence-electron chi connectivity index (χ3n) is 2.75. The van der Waals surface area contributed by atoms with Crippen molar-refractivity contribution in [3.05, 3.63) is 16.6 Å². The predicted molar refractivity (Wildman–Crippen MR) is 57.5 cm³/mol. The Bertz CT molecular complexity index is 257. The molecule has 1 aromatic rings. The standard InChI is InChI=1S/C10H16N2OS/c1-11-10(9-6-14-7-12-9)8-3-2-4-13-5-8/h6-8,10-11H,2-5H2,1H3. The second-order valence-electron chi connectivity index (χ2n) is 3.66. The minimum absolute atomic E-state index is 0.363. The number of thiazole rings is 1. The van der Waals surface area contributed by atoms with Crippen molar-refractivity contribution in [1.82, 2.24) is 10.3 Å². The van der Waals surface area contributed by atoms with Crippen LogP contribution in [0, 0.1) is 5.92 Å². The van der Waals surface area contributed by atoms with Crippen LogP contribution in [0.2, 0.25) is 0 Å². The van der Waals surface area contributed by atoms with Gasteiger partial charge in [-0.05, 0) is 19.9 Å². The van der Waals surface area contributed by atoms with Gasteiger partial charge in [0.15, 0.2) is 0 Å². The first-order valence-electron chi connectivity index (χ1n) is 5.05. The van der Waals surface area contributed by atoms with E-state index in [4.69, 9.17) is 4.74 Å². The maximum absolute atomic E-state index is 5.50. The summed E-state index contributed by atoms with van der Waals surface area (Å²) in [5.41, 5.74) is 3.05. The van der Waals surface area contributed by atoms with Gasteiger partial charge in [-0.1, -0.05) is 0 Å². The normalized spacial score (nSPS) is 24.8. The highest BCUT2D eigenvalue weighted by molar-refractivity contribution is 7.07. The lowest BCUT2D eigenvalue weighted by Gasteiger charge is -2.28. The summed E-state index contributed by atoms with van der Waals surface area (Å²) in [6.07, 6.45) is 2.41. The molecule has 0 saturated carbocycles. The number of rotatable bonds is 3. The van der Waals surface area contributed by atoms with Gasteiger partial charge < -0.3 is 10.1 Å². The Hall–Kier alpha value is -0.450. The Labute approximate surface area is 88.5 Å². The van der Waals surface area contributed by atoms with Crippen molar-refractivity contribution in [2.45, 2.75) is 18.9 Å². The number of ether oxygens (including phenoxy) is 1. The molecule has 2 atom stereocenters. The Kier molecular flexibility index (Phi) is 3.50. The molecule has 0 aromatic carbocycles. The zero-order chi connectivity index (χ0) is 9.80. The van der Waals surface area contributed by atoms with E-state index in [1.165, 1.54) is 12.8 Å². The van der Waals surface area contributed by atoms with Crippen molar-refractivity contribution in [2.24, 2.45) is 5.92 Å². The summed E-state index contributed by atoms with van der Waals surface area (Å²) in [7, 11) is 2.00. The molecule has 0 radical (unpaired) electrons. The number of hydrogen-bond acceptors (Lipinski definition) is 4. The highest BCUT2D eigenvalue weighted by Gasteiger charge is 2.25. The molecule has 0 bridgehead atoms. The van der Waals surface area contributed by atoms with Crippen LogP contribution < -0.4 is 5.32 Å². The maximum Gasteiger partial charge on any atom is 0.0795 e. The summed E-state index contributed by atoms with van der Waals surface area (Å²) >= 11 is 1.66. The summed E-state index contributed by atoms with van der Waals surface area (Å²) in [5.74, 6) is 0.579. The molecule has 2 heterocycles. The van der Waals surface area contributed by atoms with Crippen LogP contribution in [-0.2, 0) is 4.74 Å². The van der Waals surface area contributed by atoms with Gasteiger partial charge in [0.1, 0.15) is 0 Å². The van der Waals surface area contributed by atoms with E-state index in [-0.39, 0.29) is 0 Å². The molecule has 0 aliphatic carbocycles. The van der Waals surface area contributed by atoms with Gasteiger partial charge in [0, 0.05) is 17.9 Å². The Morgan fingerprint density at radius 2 is 2.64 bits per heavy atom. The van der Waals surface area contributed by atoms with Crippen LogP contribution in [0.25, 0.3) is 0 Å². The smallest absolute Gasteiger partial charge is 0.0795 e. The molecule has 0 spiro atoms. The van der Waals surface area contributed by atoms with E-state index in [1.807, 2.05) is 12.6 Å². The molecule has 1 aliphatic rings. The van der Waals surface area contributed by atoms with Crippen LogP contribution in [-0.4, -0.2) is 25.2 Å². The first-order chi connectivity index (χ1) is 6.92. The van der Waals surface area contributed by atoms with Gasteiger partial charge in [-0.25, -0.2) is 4.98 Å². The molecule has 14 heavy (non-hydrogen) atoms. The van der Waals surface area contributed by atoms with Crippen LogP contribution in [0.15, 0.2) is 10.9 Å². The SMILES string of the molecule is CNC(c1cscn1)C1CCCOC1. The predicted octanol–water partition coefficient (Wildman–Crippen LogP) is 1.83. The fourth-order valence-electron chi connectivity index (χ4n) is 2.03. The number of nitrogens with one attached hydrogen (secondary N) is 1. The van der Waals surface area contributed by atoms with Crippen LogP contribution in [0.5, 0.6) is 0 Å². The molecule has 0 amide bonds. The van der Waals surface area contributed by atoms with Crippen molar-refractivity contribution in [2.75, 3.05) is 20.3 Å².